The minimum Gasteiger partial charge on any atom is -0.354 e. The summed E-state index contributed by atoms with van der Waals surface area (Å²) in [4.78, 5) is 29.1. The van der Waals surface area contributed by atoms with Gasteiger partial charge in [-0.25, -0.2) is 13.2 Å². The first kappa shape index (κ1) is 24.3. The molecule has 1 N–H and O–H groups in total. The maximum atomic E-state index is 13.8. The molecular weight excluding hydrogens is 443 g/mol. The van der Waals surface area contributed by atoms with Crippen LogP contribution >= 0.6 is 0 Å². The number of rotatable bonds is 8. The molecular formula is C26H30F3N3O2. The number of piperidine rings is 1. The van der Waals surface area contributed by atoms with Crippen LogP contribution in [-0.2, 0) is 9.59 Å². The molecule has 2 aromatic rings. The molecule has 0 aliphatic carbocycles. The zero-order valence-corrected chi connectivity index (χ0v) is 19.1. The standard InChI is InChI=1S/C26H30F3N3O2/c27-21-7-4-18(5-8-21)19-10-15-31(16-11-19)13-2-12-30-26(34)25(32-14-1-3-24(32)33)20-6-9-22(28)23(29)17-20/h4-9,17,19,25H,1-3,10-16H2,(H,30,34). The Bertz CT molecular complexity index is 1010. The van der Waals surface area contributed by atoms with Crippen molar-refractivity contribution in [3.8, 4) is 0 Å². The van der Waals surface area contributed by atoms with Crippen molar-refractivity contribution in [1.29, 1.82) is 0 Å². The molecule has 8 heteroatoms. The predicted octanol–water partition coefficient (Wildman–Crippen LogP) is 4.15. The zero-order chi connectivity index (χ0) is 24.1. The Morgan fingerprint density at radius 3 is 2.38 bits per heavy atom. The highest BCUT2D eigenvalue weighted by molar-refractivity contribution is 5.89. The summed E-state index contributed by atoms with van der Waals surface area (Å²) in [5, 5.41) is 2.88. The van der Waals surface area contributed by atoms with Crippen molar-refractivity contribution >= 4 is 11.8 Å². The van der Waals surface area contributed by atoms with E-state index in [0.29, 0.717) is 31.8 Å². The molecule has 5 nitrogen and oxygen atoms in total. The number of carbonyl (C=O) groups excluding carboxylic acids is 2. The number of halogens is 3. The van der Waals surface area contributed by atoms with Crippen LogP contribution in [0.5, 0.6) is 0 Å². The Labute approximate surface area is 197 Å². The second-order valence-electron chi connectivity index (χ2n) is 9.08. The first-order valence-corrected chi connectivity index (χ1v) is 11.9. The van der Waals surface area contributed by atoms with Gasteiger partial charge in [-0.15, -0.1) is 0 Å². The molecule has 0 aromatic heterocycles. The Morgan fingerprint density at radius 1 is 1.00 bits per heavy atom. The lowest BCUT2D eigenvalue weighted by atomic mass is 9.89. The van der Waals surface area contributed by atoms with E-state index in [0.717, 1.165) is 51.0 Å². The van der Waals surface area contributed by atoms with Crippen molar-refractivity contribution < 1.29 is 22.8 Å². The molecule has 182 valence electrons. The van der Waals surface area contributed by atoms with E-state index in [1.54, 1.807) is 0 Å². The Kier molecular flexibility index (Phi) is 7.88. The number of hydrogen-bond donors (Lipinski definition) is 1. The highest BCUT2D eigenvalue weighted by Crippen LogP contribution is 2.29. The quantitative estimate of drug-likeness (QED) is 0.586. The second kappa shape index (κ2) is 11.0. The smallest absolute Gasteiger partial charge is 0.247 e. The van der Waals surface area contributed by atoms with E-state index >= 15 is 0 Å². The van der Waals surface area contributed by atoms with E-state index in [-0.39, 0.29) is 23.2 Å². The fourth-order valence-corrected chi connectivity index (χ4v) is 4.93. The molecule has 0 spiro atoms. The molecule has 4 rings (SSSR count). The van der Waals surface area contributed by atoms with Crippen LogP contribution in [0.2, 0.25) is 0 Å². The van der Waals surface area contributed by atoms with E-state index in [2.05, 4.69) is 10.2 Å². The van der Waals surface area contributed by atoms with Crippen molar-refractivity contribution in [1.82, 2.24) is 15.1 Å². The van der Waals surface area contributed by atoms with Gasteiger partial charge in [-0.3, -0.25) is 9.59 Å². The number of carbonyl (C=O) groups is 2. The highest BCUT2D eigenvalue weighted by Gasteiger charge is 2.34. The van der Waals surface area contributed by atoms with E-state index in [1.165, 1.54) is 28.7 Å². The van der Waals surface area contributed by atoms with E-state index in [1.807, 2.05) is 12.1 Å². The molecule has 2 aliphatic rings. The Balaban J connectivity index is 1.26. The molecule has 2 amide bonds. The Hall–Kier alpha value is -2.87. The minimum atomic E-state index is -1.04. The fourth-order valence-electron chi connectivity index (χ4n) is 4.93. The molecule has 1 atom stereocenters. The molecule has 2 heterocycles. The molecule has 2 fully saturated rings. The molecule has 2 saturated heterocycles. The van der Waals surface area contributed by atoms with E-state index < -0.39 is 17.7 Å². The third-order valence-corrected chi connectivity index (χ3v) is 6.81. The molecule has 2 aliphatic heterocycles. The molecule has 0 saturated carbocycles. The van der Waals surface area contributed by atoms with Crippen LogP contribution in [0.3, 0.4) is 0 Å². The van der Waals surface area contributed by atoms with Gasteiger partial charge in [-0.1, -0.05) is 18.2 Å². The summed E-state index contributed by atoms with van der Waals surface area (Å²) < 4.78 is 40.4. The molecule has 1 unspecified atom stereocenters. The van der Waals surface area contributed by atoms with Gasteiger partial charge in [-0.05, 0) is 86.6 Å². The molecule has 0 radical (unpaired) electrons. The van der Waals surface area contributed by atoms with E-state index in [4.69, 9.17) is 0 Å². The summed E-state index contributed by atoms with van der Waals surface area (Å²) in [6.07, 6.45) is 3.74. The summed E-state index contributed by atoms with van der Waals surface area (Å²) in [5.74, 6) is -2.34. The maximum Gasteiger partial charge on any atom is 0.247 e. The number of amides is 2. The second-order valence-corrected chi connectivity index (χ2v) is 9.08. The van der Waals surface area contributed by atoms with Gasteiger partial charge in [0, 0.05) is 19.5 Å². The number of likely N-dealkylation sites (tertiary alicyclic amines) is 2. The van der Waals surface area contributed by atoms with Crippen LogP contribution in [0, 0.1) is 17.5 Å². The van der Waals surface area contributed by atoms with Crippen LogP contribution in [0.1, 0.15) is 55.2 Å². The number of hydrogen-bond acceptors (Lipinski definition) is 3. The number of benzene rings is 2. The molecule has 2 aromatic carbocycles. The van der Waals surface area contributed by atoms with Gasteiger partial charge in [-0.2, -0.15) is 0 Å². The van der Waals surface area contributed by atoms with Gasteiger partial charge in [0.25, 0.3) is 0 Å². The van der Waals surface area contributed by atoms with E-state index in [9.17, 15) is 22.8 Å². The Morgan fingerprint density at radius 2 is 1.74 bits per heavy atom. The maximum absolute atomic E-state index is 13.8. The summed E-state index contributed by atoms with van der Waals surface area (Å²) in [6, 6.07) is 9.12. The first-order chi connectivity index (χ1) is 16.4. The monoisotopic (exact) mass is 473 g/mol. The number of nitrogens with zero attached hydrogens (tertiary/aromatic N) is 2. The largest absolute Gasteiger partial charge is 0.354 e. The summed E-state index contributed by atoms with van der Waals surface area (Å²) in [7, 11) is 0. The zero-order valence-electron chi connectivity index (χ0n) is 19.1. The normalized spacial score (nSPS) is 18.3. The van der Waals surface area contributed by atoms with Crippen molar-refractivity contribution in [3.05, 3.63) is 71.0 Å². The summed E-state index contributed by atoms with van der Waals surface area (Å²) >= 11 is 0. The number of nitrogens with one attached hydrogen (secondary N) is 1. The van der Waals surface area contributed by atoms with Gasteiger partial charge in [0.1, 0.15) is 11.9 Å². The lowest BCUT2D eigenvalue weighted by molar-refractivity contribution is -0.137. The third kappa shape index (κ3) is 5.78. The van der Waals surface area contributed by atoms with Crippen molar-refractivity contribution in [2.75, 3.05) is 32.7 Å². The average Bonchev–Trinajstić information content (AvgIpc) is 3.25. The van der Waals surface area contributed by atoms with Crippen LogP contribution in [0.4, 0.5) is 13.2 Å². The lowest BCUT2D eigenvalue weighted by Crippen LogP contribution is -2.42. The lowest BCUT2D eigenvalue weighted by Gasteiger charge is -2.32. The van der Waals surface area contributed by atoms with Crippen molar-refractivity contribution in [2.45, 2.75) is 44.1 Å². The van der Waals surface area contributed by atoms with Gasteiger partial charge < -0.3 is 15.1 Å². The minimum absolute atomic E-state index is 0.158. The highest BCUT2D eigenvalue weighted by atomic mass is 19.2. The van der Waals surface area contributed by atoms with Crippen LogP contribution in [0.25, 0.3) is 0 Å². The van der Waals surface area contributed by atoms with Crippen LogP contribution in [-0.4, -0.2) is 54.3 Å². The molecule has 0 bridgehead atoms. The van der Waals surface area contributed by atoms with Crippen molar-refractivity contribution in [2.24, 2.45) is 0 Å². The van der Waals surface area contributed by atoms with Gasteiger partial charge in [0.15, 0.2) is 11.6 Å². The van der Waals surface area contributed by atoms with Gasteiger partial charge in [0.05, 0.1) is 0 Å². The fraction of sp³-hybridized carbons (Fsp3) is 0.462. The summed E-state index contributed by atoms with van der Waals surface area (Å²) in [5.41, 5.74) is 1.45. The summed E-state index contributed by atoms with van der Waals surface area (Å²) in [6.45, 7) is 3.55. The first-order valence-electron chi connectivity index (χ1n) is 11.9. The topological polar surface area (TPSA) is 52.7 Å². The molecule has 34 heavy (non-hydrogen) atoms. The predicted molar refractivity (Wildman–Crippen MR) is 122 cm³/mol. The SMILES string of the molecule is O=C(NCCCN1CCC(c2ccc(F)cc2)CC1)C(c1ccc(F)c(F)c1)N1CCCC1=O. The third-order valence-electron chi connectivity index (χ3n) is 6.81. The van der Waals surface area contributed by atoms with Crippen molar-refractivity contribution in [3.63, 3.8) is 0 Å². The van der Waals surface area contributed by atoms with Crippen LogP contribution in [0.15, 0.2) is 42.5 Å². The average molecular weight is 474 g/mol. The van der Waals surface area contributed by atoms with Gasteiger partial charge in [0.2, 0.25) is 11.8 Å². The van der Waals surface area contributed by atoms with Gasteiger partial charge >= 0.3 is 0 Å². The van der Waals surface area contributed by atoms with Crippen LogP contribution < -0.4 is 5.32 Å².